The van der Waals surface area contributed by atoms with Gasteiger partial charge in [-0.3, -0.25) is 14.5 Å². The molecule has 9 heteroatoms. The third kappa shape index (κ3) is 8.98. The highest BCUT2D eigenvalue weighted by Gasteiger charge is 2.48. The van der Waals surface area contributed by atoms with Crippen LogP contribution in [-0.4, -0.2) is 105 Å². The van der Waals surface area contributed by atoms with Gasteiger partial charge >= 0.3 is 5.97 Å². The molecule has 2 aliphatic rings. The van der Waals surface area contributed by atoms with Crippen LogP contribution in [0.3, 0.4) is 0 Å². The number of carboxylic acid groups (broad SMARTS) is 1. The molecule has 2 aliphatic heterocycles. The first-order chi connectivity index (χ1) is 19.5. The van der Waals surface area contributed by atoms with Crippen molar-refractivity contribution in [1.82, 2.24) is 9.80 Å². The number of hydrogen-bond acceptors (Lipinski definition) is 6. The normalized spacial score (nSPS) is 21.2. The van der Waals surface area contributed by atoms with E-state index in [1.54, 1.807) is 7.11 Å². The van der Waals surface area contributed by atoms with E-state index in [1.807, 2.05) is 17.0 Å². The van der Waals surface area contributed by atoms with E-state index in [4.69, 9.17) is 14.2 Å². The average Bonchev–Trinajstić information content (AvgIpc) is 3.52. The molecule has 1 aromatic rings. The molecule has 2 unspecified atom stereocenters. The van der Waals surface area contributed by atoms with E-state index < -0.39 is 11.9 Å². The van der Waals surface area contributed by atoms with E-state index in [9.17, 15) is 14.7 Å². The van der Waals surface area contributed by atoms with Gasteiger partial charge in [-0.2, -0.15) is 0 Å². The van der Waals surface area contributed by atoms with Crippen molar-refractivity contribution in [3.8, 4) is 17.2 Å². The Morgan fingerprint density at radius 1 is 1.12 bits per heavy atom. The Hall–Kier alpha value is -2.52. The van der Waals surface area contributed by atoms with Crippen molar-refractivity contribution in [2.45, 2.75) is 77.7 Å². The minimum atomic E-state index is -0.821. The Morgan fingerprint density at radius 2 is 1.85 bits per heavy atom. The fourth-order valence-corrected chi connectivity index (χ4v) is 6.38. The lowest BCUT2D eigenvalue weighted by molar-refractivity contribution is -0.870. The van der Waals surface area contributed by atoms with E-state index >= 15 is 0 Å². The highest BCUT2D eigenvalue weighted by atomic mass is 16.7. The zero-order chi connectivity index (χ0) is 30.2. The summed E-state index contributed by atoms with van der Waals surface area (Å²) in [6.45, 7) is 9.91. The fraction of sp³-hybridized carbons (Fsp3) is 0.750. The number of benzene rings is 1. The Balaban J connectivity index is 1.86. The summed E-state index contributed by atoms with van der Waals surface area (Å²) in [4.78, 5) is 30.8. The molecule has 0 spiro atoms. The number of fused-ring (bicyclic) bond motifs is 1. The van der Waals surface area contributed by atoms with Crippen LogP contribution in [-0.2, 0) is 9.59 Å². The summed E-state index contributed by atoms with van der Waals surface area (Å²) in [6, 6.07) is 3.54. The Bertz CT molecular complexity index is 1010. The minimum absolute atomic E-state index is 0.102. The van der Waals surface area contributed by atoms with Crippen molar-refractivity contribution in [3.05, 3.63) is 17.7 Å². The van der Waals surface area contributed by atoms with Crippen molar-refractivity contribution >= 4 is 11.9 Å². The first kappa shape index (κ1) is 33.0. The topological polar surface area (TPSA) is 88.5 Å². The van der Waals surface area contributed by atoms with Gasteiger partial charge in [0, 0.05) is 31.6 Å². The van der Waals surface area contributed by atoms with Gasteiger partial charge in [-0.15, -0.1) is 0 Å². The monoisotopic (exact) mass is 576 g/mol. The van der Waals surface area contributed by atoms with Crippen molar-refractivity contribution < 1.29 is 33.4 Å². The molecule has 1 aromatic carbocycles. The molecule has 1 fully saturated rings. The Kier molecular flexibility index (Phi) is 12.1. The third-order valence-electron chi connectivity index (χ3n) is 8.55. The lowest BCUT2D eigenvalue weighted by atomic mass is 9.81. The van der Waals surface area contributed by atoms with Crippen molar-refractivity contribution in [1.29, 1.82) is 0 Å². The van der Waals surface area contributed by atoms with Gasteiger partial charge in [0.05, 0.1) is 47.3 Å². The molecular weight excluding hydrogens is 522 g/mol. The zero-order valence-electron chi connectivity index (χ0n) is 26.5. The number of aliphatic carboxylic acids is 1. The van der Waals surface area contributed by atoms with Gasteiger partial charge in [0.2, 0.25) is 18.4 Å². The molecule has 232 valence electrons. The van der Waals surface area contributed by atoms with Crippen LogP contribution < -0.4 is 14.2 Å². The number of likely N-dealkylation sites (tertiary alicyclic amines) is 1. The number of amides is 1. The molecule has 0 radical (unpaired) electrons. The van der Waals surface area contributed by atoms with Gasteiger partial charge in [0.1, 0.15) is 0 Å². The molecule has 0 saturated carbocycles. The number of carbonyl (C=O) groups excluding carboxylic acids is 1. The van der Waals surface area contributed by atoms with Crippen LogP contribution in [0.1, 0.15) is 77.2 Å². The second-order valence-corrected chi connectivity index (χ2v) is 13.0. The molecule has 1 saturated heterocycles. The fourth-order valence-electron chi connectivity index (χ4n) is 6.38. The van der Waals surface area contributed by atoms with Crippen LogP contribution in [0, 0.1) is 11.8 Å². The number of ether oxygens (including phenoxy) is 3. The van der Waals surface area contributed by atoms with E-state index in [1.165, 1.54) is 0 Å². The second kappa shape index (κ2) is 15.1. The quantitative estimate of drug-likeness (QED) is 0.210. The second-order valence-electron chi connectivity index (χ2n) is 13.0. The van der Waals surface area contributed by atoms with Gasteiger partial charge in [-0.25, -0.2) is 0 Å². The van der Waals surface area contributed by atoms with Gasteiger partial charge in [0.25, 0.3) is 0 Å². The minimum Gasteiger partial charge on any atom is -0.493 e. The summed E-state index contributed by atoms with van der Waals surface area (Å²) in [5, 5.41) is 10.6. The van der Waals surface area contributed by atoms with Crippen LogP contribution in [0.4, 0.5) is 0 Å². The molecule has 3 rings (SSSR count). The number of methoxy groups -OCH3 is 1. The van der Waals surface area contributed by atoms with E-state index in [0.717, 1.165) is 74.6 Å². The van der Waals surface area contributed by atoms with Crippen molar-refractivity contribution in [2.24, 2.45) is 11.8 Å². The molecule has 0 bridgehead atoms. The highest BCUT2D eigenvalue weighted by molar-refractivity contribution is 5.79. The molecule has 1 N–H and O–H groups in total. The van der Waals surface area contributed by atoms with Gasteiger partial charge in [0.15, 0.2) is 11.5 Å². The number of nitrogens with zero attached hydrogens (tertiary/aromatic N) is 3. The number of unbranched alkanes of at least 4 members (excludes halogenated alkanes) is 2. The molecule has 1 amide bonds. The Morgan fingerprint density at radius 3 is 2.49 bits per heavy atom. The van der Waals surface area contributed by atoms with E-state index in [0.29, 0.717) is 29.7 Å². The Labute approximate surface area is 247 Å². The van der Waals surface area contributed by atoms with Gasteiger partial charge in [-0.1, -0.05) is 40.0 Å². The standard InChI is InChI=1S/C32H53N3O6/c1-8-10-14-33(15-11-12-16-35(4,5)6)29(36)21-34-20-25(30(32(37)38)26(34)17-23(3)13-9-2)24-18-27(39-7)31-28(19-24)40-22-41-31/h18-19,23,25-26,30H,8-17,20-22H2,1-7H3/p+1/t23?,25-,26+,30?/m1/s1. The van der Waals surface area contributed by atoms with E-state index in [-0.39, 0.29) is 31.2 Å². The lowest BCUT2D eigenvalue weighted by Crippen LogP contribution is -2.45. The summed E-state index contributed by atoms with van der Waals surface area (Å²) in [7, 11) is 8.16. The SMILES string of the molecule is CCCCN(CCCC[N+](C)(C)C)C(=O)CN1C[C@H](c2cc(OC)c3c(c2)OCO3)C(C(=O)O)[C@@H]1CC(C)CCC. The number of quaternary nitrogens is 1. The summed E-state index contributed by atoms with van der Waals surface area (Å²) in [5.41, 5.74) is 0.852. The maximum Gasteiger partial charge on any atom is 0.308 e. The van der Waals surface area contributed by atoms with Crippen molar-refractivity contribution in [2.75, 3.05) is 67.8 Å². The molecule has 2 heterocycles. The molecular formula is C32H54N3O6+. The van der Waals surface area contributed by atoms with Crippen molar-refractivity contribution in [3.63, 3.8) is 0 Å². The first-order valence-electron chi connectivity index (χ1n) is 15.5. The zero-order valence-corrected chi connectivity index (χ0v) is 26.5. The summed E-state index contributed by atoms with van der Waals surface area (Å²) < 4.78 is 17.7. The third-order valence-corrected chi connectivity index (χ3v) is 8.55. The number of carboxylic acids is 1. The van der Waals surface area contributed by atoms with E-state index in [2.05, 4.69) is 46.8 Å². The summed E-state index contributed by atoms with van der Waals surface area (Å²) in [5.74, 6) is 0.386. The molecule has 0 aliphatic carbocycles. The summed E-state index contributed by atoms with van der Waals surface area (Å²) >= 11 is 0. The first-order valence-corrected chi connectivity index (χ1v) is 15.5. The number of hydrogen-bond donors (Lipinski definition) is 1. The molecule has 0 aromatic heterocycles. The van der Waals surface area contributed by atoms with Crippen LogP contribution in [0.25, 0.3) is 0 Å². The lowest BCUT2D eigenvalue weighted by Gasteiger charge is -2.31. The summed E-state index contributed by atoms with van der Waals surface area (Å²) in [6.07, 6.45) is 6.85. The molecule has 41 heavy (non-hydrogen) atoms. The van der Waals surface area contributed by atoms with Gasteiger partial charge in [-0.05, 0) is 49.3 Å². The maximum absolute atomic E-state index is 13.8. The molecule has 4 atom stereocenters. The van der Waals surface area contributed by atoms with Crippen LogP contribution in [0.2, 0.25) is 0 Å². The smallest absolute Gasteiger partial charge is 0.308 e. The highest BCUT2D eigenvalue weighted by Crippen LogP contribution is 2.47. The average molecular weight is 577 g/mol. The predicted molar refractivity (Wildman–Crippen MR) is 161 cm³/mol. The van der Waals surface area contributed by atoms with Crippen LogP contribution in [0.5, 0.6) is 17.2 Å². The van der Waals surface area contributed by atoms with Crippen LogP contribution in [0.15, 0.2) is 12.1 Å². The maximum atomic E-state index is 13.8. The van der Waals surface area contributed by atoms with Crippen LogP contribution >= 0.6 is 0 Å². The molecule has 9 nitrogen and oxygen atoms in total. The predicted octanol–water partition coefficient (Wildman–Crippen LogP) is 4.83. The van der Waals surface area contributed by atoms with Gasteiger partial charge < -0.3 is 28.7 Å². The number of rotatable bonds is 17. The largest absolute Gasteiger partial charge is 0.493 e. The number of carbonyl (C=O) groups is 2.